The molecule has 0 saturated carbocycles. The smallest absolute Gasteiger partial charge is 0.233 e. The van der Waals surface area contributed by atoms with Crippen molar-refractivity contribution in [2.45, 2.75) is 13.5 Å². The summed E-state index contributed by atoms with van der Waals surface area (Å²) in [5, 5.41) is 7.82. The number of H-pyrrole nitrogens is 1. The van der Waals surface area contributed by atoms with E-state index in [1.54, 1.807) is 18.6 Å². The minimum atomic E-state index is -0.248. The first-order valence-corrected chi connectivity index (χ1v) is 11.1. The molecule has 0 radical (unpaired) electrons. The highest BCUT2D eigenvalue weighted by atomic mass is 16.5. The third-order valence-corrected chi connectivity index (χ3v) is 5.64. The summed E-state index contributed by atoms with van der Waals surface area (Å²) in [5.41, 5.74) is 4.27. The van der Waals surface area contributed by atoms with E-state index in [0.29, 0.717) is 42.7 Å². The summed E-state index contributed by atoms with van der Waals surface area (Å²) in [4.78, 5) is 32.8. The van der Waals surface area contributed by atoms with E-state index in [4.69, 9.17) is 9.47 Å². The van der Waals surface area contributed by atoms with Crippen molar-refractivity contribution in [1.82, 2.24) is 24.9 Å². The van der Waals surface area contributed by atoms with E-state index in [9.17, 15) is 4.79 Å². The van der Waals surface area contributed by atoms with E-state index in [0.717, 1.165) is 33.0 Å². The number of fused-ring (bicyclic) bond motifs is 5. The first kappa shape index (κ1) is 20.8. The molecule has 0 spiro atoms. The number of pyridine rings is 2. The van der Waals surface area contributed by atoms with E-state index in [1.807, 2.05) is 30.5 Å². The van der Waals surface area contributed by atoms with E-state index >= 15 is 0 Å². The molecule has 0 atom stereocenters. The van der Waals surface area contributed by atoms with Gasteiger partial charge in [0.15, 0.2) is 0 Å². The molecule has 3 N–H and O–H groups in total. The van der Waals surface area contributed by atoms with Crippen LogP contribution >= 0.6 is 0 Å². The molecular formula is C25H21N7O3. The SMILES string of the molecule is CC(=O)Nc1nc2c3c(c[nH]c3n1)-c1ccc3ncc(cc3c1)OCCOc1cncc(c1)CN2. The van der Waals surface area contributed by atoms with Crippen LogP contribution in [-0.4, -0.2) is 44.0 Å². The number of aromatic amines is 1. The molecule has 5 aromatic rings. The van der Waals surface area contributed by atoms with E-state index in [1.165, 1.54) is 6.92 Å². The molecule has 1 aromatic carbocycles. The van der Waals surface area contributed by atoms with Crippen LogP contribution in [0.2, 0.25) is 0 Å². The van der Waals surface area contributed by atoms with Gasteiger partial charge in [-0.2, -0.15) is 9.97 Å². The molecule has 5 heterocycles. The van der Waals surface area contributed by atoms with Crippen LogP contribution in [0.1, 0.15) is 12.5 Å². The van der Waals surface area contributed by atoms with Crippen molar-refractivity contribution in [2.24, 2.45) is 0 Å². The highest BCUT2D eigenvalue weighted by molar-refractivity contribution is 6.03. The number of aromatic nitrogens is 5. The lowest BCUT2D eigenvalue weighted by Crippen LogP contribution is -2.12. The number of hydrogen-bond acceptors (Lipinski definition) is 8. The van der Waals surface area contributed by atoms with Crippen molar-refractivity contribution in [3.05, 3.63) is 60.7 Å². The molecule has 0 saturated heterocycles. The van der Waals surface area contributed by atoms with Gasteiger partial charge in [0.25, 0.3) is 0 Å². The molecule has 5 bridgehead atoms. The molecule has 35 heavy (non-hydrogen) atoms. The van der Waals surface area contributed by atoms with Crippen LogP contribution in [0.3, 0.4) is 0 Å². The largest absolute Gasteiger partial charge is 0.488 e. The number of benzene rings is 1. The zero-order chi connectivity index (χ0) is 23.8. The van der Waals surface area contributed by atoms with Gasteiger partial charge < -0.3 is 19.8 Å². The Balaban J connectivity index is 1.53. The summed E-state index contributed by atoms with van der Waals surface area (Å²) in [6.45, 7) is 2.61. The van der Waals surface area contributed by atoms with Gasteiger partial charge in [0, 0.05) is 36.8 Å². The molecule has 1 aliphatic heterocycles. The monoisotopic (exact) mass is 467 g/mol. The summed E-state index contributed by atoms with van der Waals surface area (Å²) in [5.74, 6) is 1.86. The number of nitrogens with zero attached hydrogens (tertiary/aromatic N) is 4. The molecule has 10 heteroatoms. The first-order valence-electron chi connectivity index (χ1n) is 11.1. The number of hydrogen-bond donors (Lipinski definition) is 3. The molecule has 0 aliphatic carbocycles. The molecule has 6 rings (SSSR count). The van der Waals surface area contributed by atoms with Gasteiger partial charge in [-0.15, -0.1) is 0 Å². The van der Waals surface area contributed by atoms with E-state index in [-0.39, 0.29) is 11.9 Å². The maximum atomic E-state index is 11.7. The van der Waals surface area contributed by atoms with Gasteiger partial charge in [0.05, 0.1) is 23.3 Å². The fraction of sp³-hybridized carbons (Fsp3) is 0.160. The predicted octanol–water partition coefficient (Wildman–Crippen LogP) is 3.91. The number of carbonyl (C=O) groups excluding carboxylic acids is 1. The summed E-state index contributed by atoms with van der Waals surface area (Å²) < 4.78 is 11.7. The molecule has 0 unspecified atom stereocenters. The Morgan fingerprint density at radius 3 is 2.74 bits per heavy atom. The highest BCUT2D eigenvalue weighted by Crippen LogP contribution is 2.35. The average Bonchev–Trinajstić information content (AvgIpc) is 3.28. The Bertz CT molecular complexity index is 1580. The van der Waals surface area contributed by atoms with Crippen molar-refractivity contribution < 1.29 is 14.3 Å². The van der Waals surface area contributed by atoms with E-state index in [2.05, 4.69) is 41.6 Å². The Morgan fingerprint density at radius 2 is 1.89 bits per heavy atom. The number of nitrogens with one attached hydrogen (secondary N) is 3. The summed E-state index contributed by atoms with van der Waals surface area (Å²) in [6.07, 6.45) is 7.03. The molecule has 10 nitrogen and oxygen atoms in total. The van der Waals surface area contributed by atoms with Gasteiger partial charge in [-0.25, -0.2) is 0 Å². The van der Waals surface area contributed by atoms with Gasteiger partial charge in [0.1, 0.15) is 36.2 Å². The van der Waals surface area contributed by atoms with Gasteiger partial charge in [-0.3, -0.25) is 20.1 Å². The number of anilines is 2. The summed E-state index contributed by atoms with van der Waals surface area (Å²) in [7, 11) is 0. The maximum absolute atomic E-state index is 11.7. The first-order chi connectivity index (χ1) is 17.1. The van der Waals surface area contributed by atoms with Crippen molar-refractivity contribution in [2.75, 3.05) is 23.8 Å². The summed E-state index contributed by atoms with van der Waals surface area (Å²) in [6, 6.07) is 9.93. The second kappa shape index (κ2) is 8.56. The molecule has 1 amide bonds. The quantitative estimate of drug-likeness (QED) is 0.339. The Morgan fingerprint density at radius 1 is 1.03 bits per heavy atom. The van der Waals surface area contributed by atoms with E-state index < -0.39 is 0 Å². The van der Waals surface area contributed by atoms with Crippen LogP contribution < -0.4 is 20.1 Å². The highest BCUT2D eigenvalue weighted by Gasteiger charge is 2.17. The normalized spacial score (nSPS) is 13.2. The lowest BCUT2D eigenvalue weighted by atomic mass is 10.0. The van der Waals surface area contributed by atoms with Gasteiger partial charge in [-0.05, 0) is 35.4 Å². The average molecular weight is 467 g/mol. The van der Waals surface area contributed by atoms with Crippen molar-refractivity contribution in [3.63, 3.8) is 0 Å². The fourth-order valence-corrected chi connectivity index (χ4v) is 4.10. The maximum Gasteiger partial charge on any atom is 0.233 e. The number of rotatable bonds is 1. The van der Waals surface area contributed by atoms with Crippen molar-refractivity contribution >= 4 is 39.6 Å². The van der Waals surface area contributed by atoms with Gasteiger partial charge in [-0.1, -0.05) is 6.07 Å². The molecule has 0 fully saturated rings. The third kappa shape index (κ3) is 4.17. The van der Waals surface area contributed by atoms with Crippen LogP contribution in [0.4, 0.5) is 11.8 Å². The minimum absolute atomic E-state index is 0.214. The number of ether oxygens (including phenoxy) is 2. The molecule has 174 valence electrons. The Labute approximate surface area is 199 Å². The summed E-state index contributed by atoms with van der Waals surface area (Å²) >= 11 is 0. The van der Waals surface area contributed by atoms with Crippen molar-refractivity contribution in [1.29, 1.82) is 0 Å². The fourth-order valence-electron chi connectivity index (χ4n) is 4.10. The molecule has 1 aliphatic rings. The van der Waals surface area contributed by atoms with Crippen LogP contribution in [0.25, 0.3) is 33.1 Å². The third-order valence-electron chi connectivity index (χ3n) is 5.64. The van der Waals surface area contributed by atoms with Gasteiger partial charge >= 0.3 is 0 Å². The van der Waals surface area contributed by atoms with Crippen LogP contribution in [-0.2, 0) is 11.3 Å². The lowest BCUT2D eigenvalue weighted by molar-refractivity contribution is -0.114. The number of carbonyl (C=O) groups is 1. The zero-order valence-corrected chi connectivity index (χ0v) is 18.8. The zero-order valence-electron chi connectivity index (χ0n) is 18.8. The standard InChI is InChI=1S/C25H21N7O3/c1-14(33)30-25-31-23-22-20(13-29-24(22)32-25)16-2-3-21-17(7-16)8-19(12-27-21)35-5-4-34-18-6-15(10-28-23)9-26-11-18/h2-3,6-9,11-13H,4-5,10H2,1H3,(H3,28,29,30,31,32,33). The Hall–Kier alpha value is -4.73. The second-order valence-corrected chi connectivity index (χ2v) is 8.16. The lowest BCUT2D eigenvalue weighted by Gasteiger charge is -2.11. The predicted molar refractivity (Wildman–Crippen MR) is 131 cm³/mol. The topological polar surface area (TPSA) is 127 Å². The van der Waals surface area contributed by atoms with Crippen LogP contribution in [0.5, 0.6) is 11.5 Å². The number of amides is 1. The van der Waals surface area contributed by atoms with Gasteiger partial charge in [0.2, 0.25) is 11.9 Å². The van der Waals surface area contributed by atoms with Crippen LogP contribution in [0, 0.1) is 0 Å². The van der Waals surface area contributed by atoms with Crippen molar-refractivity contribution in [3.8, 4) is 22.6 Å². The molecular weight excluding hydrogens is 446 g/mol. The minimum Gasteiger partial charge on any atom is -0.488 e. The second-order valence-electron chi connectivity index (χ2n) is 8.16. The molecule has 4 aromatic heterocycles. The van der Waals surface area contributed by atoms with Crippen LogP contribution in [0.15, 0.2) is 55.1 Å². The Kier molecular flexibility index (Phi) is 5.10.